The summed E-state index contributed by atoms with van der Waals surface area (Å²) in [4.78, 5) is 15.8. The first-order valence-corrected chi connectivity index (χ1v) is 7.66. The van der Waals surface area contributed by atoms with Crippen molar-refractivity contribution in [1.82, 2.24) is 5.48 Å². The predicted molar refractivity (Wildman–Crippen MR) is 81.2 cm³/mol. The smallest absolute Gasteiger partial charge is 0.392 e. The molecule has 0 saturated carbocycles. The van der Waals surface area contributed by atoms with E-state index in [-0.39, 0.29) is 5.92 Å². The Balaban J connectivity index is 1.59. The van der Waals surface area contributed by atoms with Crippen LogP contribution in [0.15, 0.2) is 47.3 Å². The van der Waals surface area contributed by atoms with Gasteiger partial charge >= 0.3 is 6.18 Å². The second-order valence-electron chi connectivity index (χ2n) is 5.59. The fourth-order valence-corrected chi connectivity index (χ4v) is 2.39. The van der Waals surface area contributed by atoms with Gasteiger partial charge < -0.3 is 9.63 Å². The van der Waals surface area contributed by atoms with Crippen LogP contribution in [0.2, 0.25) is 0 Å². The van der Waals surface area contributed by atoms with Crippen molar-refractivity contribution in [1.29, 1.82) is 0 Å². The highest BCUT2D eigenvalue weighted by atomic mass is 19.4. The number of halogens is 3. The third kappa shape index (κ3) is 6.86. The van der Waals surface area contributed by atoms with Gasteiger partial charge in [-0.25, -0.2) is 0 Å². The molecule has 0 aromatic carbocycles. The number of carbonyl (C=O) groups is 1. The molecule has 0 aromatic heterocycles. The number of nitrogens with one attached hydrogen (secondary N) is 1. The second kappa shape index (κ2) is 8.15. The number of hydroxylamine groups is 1. The van der Waals surface area contributed by atoms with Crippen molar-refractivity contribution < 1.29 is 22.8 Å². The maximum absolute atomic E-state index is 12.2. The lowest BCUT2D eigenvalue weighted by molar-refractivity contribution is -0.126. The van der Waals surface area contributed by atoms with Crippen molar-refractivity contribution >= 4 is 6.29 Å². The number of hydrogen-bond acceptors (Lipinski definition) is 3. The van der Waals surface area contributed by atoms with Crippen LogP contribution in [0.5, 0.6) is 0 Å². The lowest BCUT2D eigenvalue weighted by Crippen LogP contribution is -2.16. The Morgan fingerprint density at radius 3 is 2.87 bits per heavy atom. The minimum absolute atomic E-state index is 0.0528. The van der Waals surface area contributed by atoms with Crippen LogP contribution in [0.1, 0.15) is 32.1 Å². The van der Waals surface area contributed by atoms with Gasteiger partial charge in [0, 0.05) is 13.0 Å². The highest BCUT2D eigenvalue weighted by molar-refractivity contribution is 5.50. The summed E-state index contributed by atoms with van der Waals surface area (Å²) < 4.78 is 36.5. The van der Waals surface area contributed by atoms with Crippen LogP contribution in [0.25, 0.3) is 0 Å². The first kappa shape index (κ1) is 17.5. The van der Waals surface area contributed by atoms with E-state index in [1.807, 2.05) is 24.3 Å². The summed E-state index contributed by atoms with van der Waals surface area (Å²) in [5.41, 5.74) is 4.34. The van der Waals surface area contributed by atoms with Gasteiger partial charge in [-0.15, -0.1) is 0 Å². The molecular formula is C17H20F3NO2. The Hall–Kier alpha value is -1.82. The third-order valence-corrected chi connectivity index (χ3v) is 3.65. The molecule has 0 aliphatic heterocycles. The predicted octanol–water partition coefficient (Wildman–Crippen LogP) is 4.16. The normalized spacial score (nSPS) is 20.3. The molecule has 0 amide bonds. The van der Waals surface area contributed by atoms with E-state index in [2.05, 4.69) is 5.48 Å². The lowest BCUT2D eigenvalue weighted by Gasteiger charge is -2.08. The Morgan fingerprint density at radius 1 is 1.30 bits per heavy atom. The zero-order valence-corrected chi connectivity index (χ0v) is 12.7. The van der Waals surface area contributed by atoms with Gasteiger partial charge in [0.15, 0.2) is 0 Å². The minimum Gasteiger partial charge on any atom is -0.409 e. The maximum Gasteiger partial charge on any atom is 0.392 e. The van der Waals surface area contributed by atoms with E-state index in [9.17, 15) is 18.0 Å². The van der Waals surface area contributed by atoms with Crippen LogP contribution >= 0.6 is 0 Å². The highest BCUT2D eigenvalue weighted by Crippen LogP contribution is 2.40. The Morgan fingerprint density at radius 2 is 2.13 bits per heavy atom. The van der Waals surface area contributed by atoms with Crippen molar-refractivity contribution in [3.05, 3.63) is 47.3 Å². The summed E-state index contributed by atoms with van der Waals surface area (Å²) in [5, 5.41) is 0. The fourth-order valence-electron chi connectivity index (χ4n) is 2.39. The zero-order valence-electron chi connectivity index (χ0n) is 12.7. The van der Waals surface area contributed by atoms with Crippen LogP contribution in [0, 0.1) is 5.92 Å². The average Bonchev–Trinajstić information content (AvgIpc) is 3.23. The molecule has 23 heavy (non-hydrogen) atoms. The summed E-state index contributed by atoms with van der Waals surface area (Å²) in [6.45, 7) is 0.485. The second-order valence-corrected chi connectivity index (χ2v) is 5.59. The summed E-state index contributed by atoms with van der Waals surface area (Å²) >= 11 is 0. The van der Waals surface area contributed by atoms with Crippen LogP contribution in [0.3, 0.4) is 0 Å². The van der Waals surface area contributed by atoms with E-state index in [4.69, 9.17) is 4.84 Å². The molecule has 3 nitrogen and oxygen atoms in total. The quantitative estimate of drug-likeness (QED) is 0.299. The molecule has 0 heterocycles. The monoisotopic (exact) mass is 327 g/mol. The molecule has 0 aromatic rings. The summed E-state index contributed by atoms with van der Waals surface area (Å²) in [6.07, 6.45) is 7.84. The highest BCUT2D eigenvalue weighted by Gasteiger charge is 2.36. The minimum atomic E-state index is -4.12. The molecule has 2 rings (SSSR count). The molecule has 2 aliphatic carbocycles. The number of alkyl halides is 3. The van der Waals surface area contributed by atoms with Crippen molar-refractivity contribution in [2.45, 2.75) is 38.3 Å². The van der Waals surface area contributed by atoms with Crippen LogP contribution in [-0.2, 0) is 9.63 Å². The van der Waals surface area contributed by atoms with E-state index < -0.39 is 12.6 Å². The zero-order chi connectivity index (χ0) is 16.7. The van der Waals surface area contributed by atoms with Gasteiger partial charge in [-0.3, -0.25) is 0 Å². The number of hydrogen-bond donors (Lipinski definition) is 1. The summed E-state index contributed by atoms with van der Waals surface area (Å²) in [5.74, 6) is 0.615. The van der Waals surface area contributed by atoms with E-state index in [1.165, 1.54) is 0 Å². The first-order valence-electron chi connectivity index (χ1n) is 7.66. The molecule has 126 valence electrons. The standard InChI is InChI=1S/C17H20F3NO2/c18-17(19,20)12-15-11-14(15)8-9-21-23-16-5-1-3-13(6-7-16)4-2-10-22/h3,5-7,10-11,14,21H,1-2,4,8-9,12H2. The van der Waals surface area contributed by atoms with Crippen molar-refractivity contribution in [3.63, 3.8) is 0 Å². The van der Waals surface area contributed by atoms with Gasteiger partial charge in [0.25, 0.3) is 0 Å². The van der Waals surface area contributed by atoms with Gasteiger partial charge in [0.05, 0.1) is 6.42 Å². The third-order valence-electron chi connectivity index (χ3n) is 3.65. The Kier molecular flexibility index (Phi) is 6.21. The van der Waals surface area contributed by atoms with Crippen LogP contribution in [-0.4, -0.2) is 19.0 Å². The number of aldehydes is 1. The molecule has 2 aliphatic rings. The molecule has 1 unspecified atom stereocenters. The van der Waals surface area contributed by atoms with E-state index in [0.717, 1.165) is 18.3 Å². The van der Waals surface area contributed by atoms with Gasteiger partial charge in [0.2, 0.25) is 0 Å². The largest absolute Gasteiger partial charge is 0.409 e. The van der Waals surface area contributed by atoms with Gasteiger partial charge in [-0.2, -0.15) is 18.7 Å². The molecule has 1 N–H and O–H groups in total. The van der Waals surface area contributed by atoms with Gasteiger partial charge in [-0.1, -0.05) is 29.4 Å². The van der Waals surface area contributed by atoms with Crippen LogP contribution < -0.4 is 5.48 Å². The number of rotatable bonds is 9. The average molecular weight is 327 g/mol. The maximum atomic E-state index is 12.2. The first-order chi connectivity index (χ1) is 11.0. The molecule has 1 atom stereocenters. The molecular weight excluding hydrogens is 307 g/mol. The fraction of sp³-hybridized carbons (Fsp3) is 0.471. The molecule has 6 heteroatoms. The van der Waals surface area contributed by atoms with Crippen molar-refractivity contribution in [2.75, 3.05) is 6.54 Å². The van der Waals surface area contributed by atoms with Crippen molar-refractivity contribution in [3.8, 4) is 0 Å². The number of allylic oxidation sites excluding steroid dienone is 7. The lowest BCUT2D eigenvalue weighted by atomic mass is 10.1. The van der Waals surface area contributed by atoms with Crippen LogP contribution in [0.4, 0.5) is 13.2 Å². The molecule has 0 spiro atoms. The van der Waals surface area contributed by atoms with E-state index >= 15 is 0 Å². The topological polar surface area (TPSA) is 38.3 Å². The Labute approximate surface area is 133 Å². The Bertz CT molecular complexity index is 545. The SMILES string of the molecule is O=CCCC1=CCC=C(ONCCC2C=C2CC(F)(F)F)C=C1. The number of carbonyl (C=O) groups excluding carboxylic acids is 1. The van der Waals surface area contributed by atoms with Crippen molar-refractivity contribution in [2.24, 2.45) is 5.92 Å². The molecule has 0 radical (unpaired) electrons. The summed E-state index contributed by atoms with van der Waals surface area (Å²) in [7, 11) is 0. The van der Waals surface area contributed by atoms with Gasteiger partial charge in [0.1, 0.15) is 12.0 Å². The van der Waals surface area contributed by atoms with Gasteiger partial charge in [-0.05, 0) is 37.3 Å². The van der Waals surface area contributed by atoms with E-state index in [1.54, 1.807) is 6.08 Å². The summed E-state index contributed by atoms with van der Waals surface area (Å²) in [6, 6.07) is 0. The molecule has 0 bridgehead atoms. The molecule has 0 fully saturated rings. The molecule has 0 saturated heterocycles. The van der Waals surface area contributed by atoms with E-state index in [0.29, 0.717) is 37.1 Å².